The number of piperazine rings is 1. The summed E-state index contributed by atoms with van der Waals surface area (Å²) < 4.78 is 56.0. The van der Waals surface area contributed by atoms with Gasteiger partial charge in [0.15, 0.2) is 5.69 Å². The van der Waals surface area contributed by atoms with Crippen molar-refractivity contribution in [1.29, 1.82) is 0 Å². The van der Waals surface area contributed by atoms with E-state index in [0.717, 1.165) is 94.3 Å². The molecule has 2 atom stereocenters. The number of carbonyl (C=O) groups excluding carboxylic acids is 5. The molecule has 7 heterocycles. The third kappa shape index (κ3) is 9.43. The lowest BCUT2D eigenvalue weighted by atomic mass is 9.95. The van der Waals surface area contributed by atoms with Gasteiger partial charge in [0, 0.05) is 96.6 Å². The van der Waals surface area contributed by atoms with Gasteiger partial charge in [-0.2, -0.15) is 13.2 Å². The van der Waals surface area contributed by atoms with Crippen molar-refractivity contribution in [2.45, 2.75) is 57.2 Å². The second-order valence-corrected chi connectivity index (χ2v) is 18.4. The first-order chi connectivity index (χ1) is 31.7. The molecule has 2 aromatic carbocycles. The molecule has 348 valence electrons. The van der Waals surface area contributed by atoms with Crippen molar-refractivity contribution in [3.8, 4) is 0 Å². The molecule has 19 heteroatoms. The van der Waals surface area contributed by atoms with Crippen LogP contribution in [0.25, 0.3) is 4.85 Å². The molecular weight excluding hydrogens is 861 g/mol. The molecule has 6 aliphatic heterocycles. The standard InChI is InChI=1S/C47H52F4N10O5/c1-52-38-4-2-32(22-36(38)47(49,50)51)58-16-11-31(12-17-58)43(63)54-41-6-3-33(25-53-41)59-13-8-29(9-14-59)26-56-18-20-57(21-19-56)27-30-10-15-60(28-30)40-24-35-34(23-37(40)48)45(65)61(46(35)66)39-5-7-42(62)55-44(39)64/h2-4,6,22-25,29-31,39H,5,7-21,26-28H2,(H,53,54,63)(H,55,62,64)/t30-,39?/m0/s1. The minimum atomic E-state index is -4.62. The van der Waals surface area contributed by atoms with Gasteiger partial charge >= 0.3 is 6.18 Å². The fraction of sp³-hybridized carbons (Fsp3) is 0.511. The van der Waals surface area contributed by atoms with E-state index < -0.39 is 52.9 Å². The van der Waals surface area contributed by atoms with Crippen molar-refractivity contribution in [3.63, 3.8) is 0 Å². The Hall–Kier alpha value is -6.13. The van der Waals surface area contributed by atoms with E-state index >= 15 is 4.39 Å². The number of aromatic nitrogens is 1. The summed E-state index contributed by atoms with van der Waals surface area (Å²) in [6, 6.07) is 8.98. The van der Waals surface area contributed by atoms with Gasteiger partial charge in [-0.15, -0.1) is 0 Å². The van der Waals surface area contributed by atoms with Crippen molar-refractivity contribution in [2.75, 3.05) is 98.6 Å². The Balaban J connectivity index is 0.679. The van der Waals surface area contributed by atoms with Crippen LogP contribution in [0.15, 0.2) is 48.7 Å². The Morgan fingerprint density at radius 3 is 2.00 bits per heavy atom. The van der Waals surface area contributed by atoms with Gasteiger partial charge in [0.05, 0.1) is 40.8 Å². The number of hydrogen-bond acceptors (Lipinski definition) is 11. The van der Waals surface area contributed by atoms with Crippen LogP contribution in [0.5, 0.6) is 0 Å². The average Bonchev–Trinajstić information content (AvgIpc) is 3.87. The zero-order valence-corrected chi connectivity index (χ0v) is 36.5. The molecule has 15 nitrogen and oxygen atoms in total. The maximum atomic E-state index is 15.5. The number of alkyl halides is 3. The van der Waals surface area contributed by atoms with Crippen LogP contribution in [0.4, 0.5) is 46.1 Å². The Bertz CT molecular complexity index is 2420. The van der Waals surface area contributed by atoms with Crippen molar-refractivity contribution in [1.82, 2.24) is 25.0 Å². The fourth-order valence-corrected chi connectivity index (χ4v) is 10.5. The fourth-order valence-electron chi connectivity index (χ4n) is 10.5. The minimum absolute atomic E-state index is 0.0133. The molecular formula is C47H52F4N10O5. The predicted octanol–water partition coefficient (Wildman–Crippen LogP) is 5.41. The van der Waals surface area contributed by atoms with Gasteiger partial charge in [-0.1, -0.05) is 6.07 Å². The van der Waals surface area contributed by atoms with E-state index in [1.807, 2.05) is 21.9 Å². The highest BCUT2D eigenvalue weighted by Gasteiger charge is 2.46. The lowest BCUT2D eigenvalue weighted by molar-refractivity contribution is -0.137. The number of anilines is 4. The molecule has 1 aromatic heterocycles. The second-order valence-electron chi connectivity index (χ2n) is 18.4. The molecule has 0 aliphatic carbocycles. The van der Waals surface area contributed by atoms with E-state index in [9.17, 15) is 37.1 Å². The van der Waals surface area contributed by atoms with Crippen LogP contribution in [0.3, 0.4) is 0 Å². The number of imide groups is 2. The van der Waals surface area contributed by atoms with Crippen LogP contribution < -0.4 is 25.3 Å². The first-order valence-electron chi connectivity index (χ1n) is 22.8. The minimum Gasteiger partial charge on any atom is -0.372 e. The molecule has 0 bridgehead atoms. The first kappa shape index (κ1) is 45.0. The molecule has 0 spiro atoms. The van der Waals surface area contributed by atoms with Gasteiger partial charge in [-0.3, -0.25) is 34.2 Å². The van der Waals surface area contributed by atoms with Gasteiger partial charge in [-0.05, 0) is 86.8 Å². The molecule has 5 fully saturated rings. The number of carbonyl (C=O) groups is 5. The van der Waals surface area contributed by atoms with Gasteiger partial charge in [0.25, 0.3) is 11.8 Å². The Morgan fingerprint density at radius 2 is 1.36 bits per heavy atom. The van der Waals surface area contributed by atoms with Crippen LogP contribution >= 0.6 is 0 Å². The number of rotatable bonds is 10. The lowest BCUT2D eigenvalue weighted by Crippen LogP contribution is -2.54. The molecule has 1 unspecified atom stereocenters. The number of halogens is 4. The van der Waals surface area contributed by atoms with Crippen LogP contribution in [-0.2, 0) is 20.6 Å². The van der Waals surface area contributed by atoms with Crippen LogP contribution in [0.1, 0.15) is 71.2 Å². The van der Waals surface area contributed by atoms with E-state index in [4.69, 9.17) is 6.57 Å². The first-order valence-corrected chi connectivity index (χ1v) is 22.8. The zero-order chi connectivity index (χ0) is 46.3. The van der Waals surface area contributed by atoms with E-state index in [1.165, 1.54) is 18.2 Å². The third-order valence-corrected chi connectivity index (χ3v) is 14.2. The predicted molar refractivity (Wildman–Crippen MR) is 237 cm³/mol. The average molecular weight is 913 g/mol. The van der Waals surface area contributed by atoms with E-state index in [1.54, 1.807) is 6.20 Å². The van der Waals surface area contributed by atoms with Crippen LogP contribution in [-0.4, -0.2) is 134 Å². The summed E-state index contributed by atoms with van der Waals surface area (Å²) in [7, 11) is 0. The number of pyridine rings is 1. The van der Waals surface area contributed by atoms with Gasteiger partial charge in [-0.25, -0.2) is 14.2 Å². The highest BCUT2D eigenvalue weighted by atomic mass is 19.4. The number of hydrogen-bond donors (Lipinski definition) is 2. The van der Waals surface area contributed by atoms with Gasteiger partial charge in [0.1, 0.15) is 17.7 Å². The summed E-state index contributed by atoms with van der Waals surface area (Å²) in [6.45, 7) is 16.8. The molecule has 3 aromatic rings. The molecule has 9 rings (SSSR count). The zero-order valence-electron chi connectivity index (χ0n) is 36.5. The topological polar surface area (TPSA) is 146 Å². The van der Waals surface area contributed by atoms with Crippen LogP contribution in [0, 0.1) is 30.1 Å². The normalized spacial score (nSPS) is 22.8. The van der Waals surface area contributed by atoms with E-state index in [-0.39, 0.29) is 41.5 Å². The van der Waals surface area contributed by atoms with Crippen LogP contribution in [0.2, 0.25) is 0 Å². The SMILES string of the molecule is [C-]#[N+]c1ccc(N2CCC(C(=O)Nc3ccc(N4CCC(CN5CCN(C[C@@H]6CCN(c7cc8c(cc7F)C(=O)N(C7CCC(=O)NC7=O)C8=O)C6)CC5)CC4)cn3)CC2)cc1C(F)(F)F. The molecule has 5 saturated heterocycles. The second kappa shape index (κ2) is 18.6. The van der Waals surface area contributed by atoms with Gasteiger partial charge < -0.3 is 29.8 Å². The lowest BCUT2D eigenvalue weighted by Gasteiger charge is -2.40. The smallest absolute Gasteiger partial charge is 0.372 e. The molecule has 6 aliphatic rings. The number of piperidine rings is 3. The molecule has 0 radical (unpaired) electrons. The highest BCUT2D eigenvalue weighted by molar-refractivity contribution is 6.23. The Labute approximate surface area is 379 Å². The van der Waals surface area contributed by atoms with Gasteiger partial charge in [0.2, 0.25) is 17.7 Å². The molecule has 0 saturated carbocycles. The van der Waals surface area contributed by atoms with Crippen molar-refractivity contribution < 1.29 is 41.5 Å². The maximum absolute atomic E-state index is 15.5. The molecule has 5 amide bonds. The number of benzene rings is 2. The van der Waals surface area contributed by atoms with Crippen molar-refractivity contribution in [2.24, 2.45) is 17.8 Å². The summed E-state index contributed by atoms with van der Waals surface area (Å²) >= 11 is 0. The summed E-state index contributed by atoms with van der Waals surface area (Å²) in [6.07, 6.45) is 1.18. The van der Waals surface area contributed by atoms with E-state index in [2.05, 4.69) is 35.2 Å². The quantitative estimate of drug-likeness (QED) is 0.153. The Morgan fingerprint density at radius 1 is 0.758 bits per heavy atom. The number of amides is 5. The Kier molecular flexibility index (Phi) is 12.7. The molecule has 2 N–H and O–H groups in total. The summed E-state index contributed by atoms with van der Waals surface area (Å²) in [5.41, 5.74) is 0.312. The third-order valence-electron chi connectivity index (χ3n) is 14.2. The summed E-state index contributed by atoms with van der Waals surface area (Å²) in [5.74, 6) is -2.19. The monoisotopic (exact) mass is 912 g/mol. The van der Waals surface area contributed by atoms with E-state index in [0.29, 0.717) is 62.4 Å². The number of nitrogens with one attached hydrogen (secondary N) is 2. The maximum Gasteiger partial charge on any atom is 0.407 e. The number of nitrogens with zero attached hydrogens (tertiary/aromatic N) is 8. The summed E-state index contributed by atoms with van der Waals surface area (Å²) in [4.78, 5) is 83.2. The van der Waals surface area contributed by atoms with Crippen molar-refractivity contribution in [3.05, 3.63) is 82.6 Å². The van der Waals surface area contributed by atoms with Crippen molar-refractivity contribution >= 4 is 58.1 Å². The highest BCUT2D eigenvalue weighted by Crippen LogP contribution is 2.40. The molecule has 66 heavy (non-hydrogen) atoms. The largest absolute Gasteiger partial charge is 0.407 e. The number of fused-ring (bicyclic) bond motifs is 1. The summed E-state index contributed by atoms with van der Waals surface area (Å²) in [5, 5.41) is 5.10.